The molecule has 7 heteroatoms. The summed E-state index contributed by atoms with van der Waals surface area (Å²) in [7, 11) is 0. The molecule has 0 radical (unpaired) electrons. The average molecular weight is 309 g/mol. The van der Waals surface area contributed by atoms with Gasteiger partial charge in [-0.1, -0.05) is 6.92 Å². The minimum absolute atomic E-state index is 0.0329. The van der Waals surface area contributed by atoms with Gasteiger partial charge in [-0.25, -0.2) is 0 Å². The van der Waals surface area contributed by atoms with Gasteiger partial charge >= 0.3 is 5.88 Å². The number of carbonyl (C=O) groups excluding carboxylic acids is 1. The molecule has 1 aliphatic rings. The van der Waals surface area contributed by atoms with Crippen LogP contribution in [0.2, 0.25) is 0 Å². The maximum atomic E-state index is 12.0. The van der Waals surface area contributed by atoms with E-state index in [1.807, 2.05) is 0 Å². The second-order valence-electron chi connectivity index (χ2n) is 6.58. The Hall–Kier alpha value is -1.89. The molecule has 0 aromatic carbocycles. The Labute approximate surface area is 129 Å². The van der Waals surface area contributed by atoms with Crippen molar-refractivity contribution >= 4 is 11.8 Å². The van der Waals surface area contributed by atoms with E-state index in [2.05, 4.69) is 31.0 Å². The van der Waals surface area contributed by atoms with E-state index in [-0.39, 0.29) is 11.3 Å². The summed E-state index contributed by atoms with van der Waals surface area (Å²) < 4.78 is 4.91. The number of furan rings is 1. The van der Waals surface area contributed by atoms with E-state index >= 15 is 0 Å². The normalized spacial score (nSPS) is 19.9. The van der Waals surface area contributed by atoms with Crippen LogP contribution >= 0.6 is 0 Å². The van der Waals surface area contributed by atoms with Gasteiger partial charge in [0, 0.05) is 18.6 Å². The molecular weight excluding hydrogens is 286 g/mol. The molecule has 1 atom stereocenters. The number of nitro groups is 1. The lowest BCUT2D eigenvalue weighted by Gasteiger charge is -2.43. The molecule has 1 fully saturated rings. The molecule has 122 valence electrons. The summed E-state index contributed by atoms with van der Waals surface area (Å²) in [5, 5.41) is 13.4. The molecule has 1 saturated heterocycles. The number of rotatable bonds is 5. The summed E-state index contributed by atoms with van der Waals surface area (Å²) in [6.07, 6.45) is 2.41. The van der Waals surface area contributed by atoms with Gasteiger partial charge < -0.3 is 9.73 Å². The zero-order valence-electron chi connectivity index (χ0n) is 13.3. The average Bonchev–Trinajstić information content (AvgIpc) is 2.95. The zero-order valence-corrected chi connectivity index (χ0v) is 13.3. The zero-order chi connectivity index (χ0) is 16.3. The van der Waals surface area contributed by atoms with Gasteiger partial charge in [0.2, 0.25) is 0 Å². The second kappa shape index (κ2) is 6.48. The fourth-order valence-corrected chi connectivity index (χ4v) is 2.78. The molecule has 1 aliphatic heterocycles. The maximum absolute atomic E-state index is 12.0. The molecular formula is C15H23N3O4. The van der Waals surface area contributed by atoms with Crippen LogP contribution in [0.5, 0.6) is 0 Å². The third kappa shape index (κ3) is 3.85. The standard InChI is InChI=1S/C15H23N3O4/c1-11-5-4-8-17(9-11)15(2,3)10-16-14(19)12-6-7-13(22-12)18(20)21/h6-7,11H,4-5,8-10H2,1-3H3,(H,16,19). The fourth-order valence-electron chi connectivity index (χ4n) is 2.78. The van der Waals surface area contributed by atoms with Crippen molar-refractivity contribution in [2.45, 2.75) is 39.2 Å². The summed E-state index contributed by atoms with van der Waals surface area (Å²) in [5.74, 6) is -0.216. The highest BCUT2D eigenvalue weighted by Crippen LogP contribution is 2.23. The predicted octanol–water partition coefficient (Wildman–Crippen LogP) is 2.43. The number of nitrogens with one attached hydrogen (secondary N) is 1. The minimum atomic E-state index is -0.657. The van der Waals surface area contributed by atoms with Crippen LogP contribution in [0.3, 0.4) is 0 Å². The lowest BCUT2D eigenvalue weighted by atomic mass is 9.93. The van der Waals surface area contributed by atoms with Crippen molar-refractivity contribution in [2.24, 2.45) is 5.92 Å². The third-order valence-electron chi connectivity index (χ3n) is 4.19. The van der Waals surface area contributed by atoms with E-state index in [0.29, 0.717) is 12.5 Å². The minimum Gasteiger partial charge on any atom is -0.395 e. The molecule has 0 bridgehead atoms. The Balaban J connectivity index is 1.92. The Bertz CT molecular complexity index is 553. The van der Waals surface area contributed by atoms with E-state index in [4.69, 9.17) is 4.42 Å². The molecule has 0 spiro atoms. The van der Waals surface area contributed by atoms with Gasteiger partial charge in [0.15, 0.2) is 5.76 Å². The molecule has 1 amide bonds. The summed E-state index contributed by atoms with van der Waals surface area (Å²) in [6, 6.07) is 2.51. The van der Waals surface area contributed by atoms with Crippen molar-refractivity contribution < 1.29 is 14.1 Å². The van der Waals surface area contributed by atoms with Crippen molar-refractivity contribution in [3.8, 4) is 0 Å². The smallest absolute Gasteiger partial charge is 0.395 e. The number of amides is 1. The topological polar surface area (TPSA) is 88.6 Å². The molecule has 22 heavy (non-hydrogen) atoms. The Kier molecular flexibility index (Phi) is 4.85. The van der Waals surface area contributed by atoms with Crippen molar-refractivity contribution in [3.63, 3.8) is 0 Å². The highest BCUT2D eigenvalue weighted by atomic mass is 16.6. The van der Waals surface area contributed by atoms with E-state index in [1.165, 1.54) is 25.0 Å². The monoisotopic (exact) mass is 309 g/mol. The van der Waals surface area contributed by atoms with Gasteiger partial charge in [0.05, 0.1) is 6.07 Å². The lowest BCUT2D eigenvalue weighted by Crippen LogP contribution is -2.54. The molecule has 7 nitrogen and oxygen atoms in total. The van der Waals surface area contributed by atoms with Crippen LogP contribution in [0.15, 0.2) is 16.5 Å². The largest absolute Gasteiger partial charge is 0.433 e. The van der Waals surface area contributed by atoms with E-state index in [0.717, 1.165) is 13.1 Å². The van der Waals surface area contributed by atoms with Crippen LogP contribution in [0.1, 0.15) is 44.2 Å². The number of hydrogen-bond donors (Lipinski definition) is 1. The fraction of sp³-hybridized carbons (Fsp3) is 0.667. The summed E-state index contributed by atoms with van der Waals surface area (Å²) in [6.45, 7) is 8.94. The van der Waals surface area contributed by atoms with Gasteiger partial charge in [-0.15, -0.1) is 0 Å². The van der Waals surface area contributed by atoms with Crippen LogP contribution in [0, 0.1) is 16.0 Å². The van der Waals surface area contributed by atoms with Gasteiger partial charge in [-0.2, -0.15) is 0 Å². The second-order valence-corrected chi connectivity index (χ2v) is 6.58. The number of nitrogens with zero attached hydrogens (tertiary/aromatic N) is 2. The molecule has 2 rings (SSSR count). The highest BCUT2D eigenvalue weighted by molar-refractivity contribution is 5.91. The van der Waals surface area contributed by atoms with E-state index < -0.39 is 16.7 Å². The number of likely N-dealkylation sites (tertiary alicyclic amines) is 1. The first kappa shape index (κ1) is 16.5. The number of carbonyl (C=O) groups is 1. The van der Waals surface area contributed by atoms with Crippen molar-refractivity contribution in [2.75, 3.05) is 19.6 Å². The maximum Gasteiger partial charge on any atom is 0.433 e. The molecule has 1 unspecified atom stereocenters. The Morgan fingerprint density at radius 2 is 2.27 bits per heavy atom. The molecule has 2 heterocycles. The van der Waals surface area contributed by atoms with Crippen molar-refractivity contribution in [3.05, 3.63) is 28.0 Å². The Morgan fingerprint density at radius 3 is 2.86 bits per heavy atom. The molecule has 1 aromatic rings. The summed E-state index contributed by atoms with van der Waals surface area (Å²) in [4.78, 5) is 24.3. The van der Waals surface area contributed by atoms with Crippen LogP contribution in [-0.2, 0) is 0 Å². The molecule has 1 N–H and O–H groups in total. The SMILES string of the molecule is CC1CCCN(C(C)(C)CNC(=O)c2ccc([N+](=O)[O-])o2)C1. The van der Waals surface area contributed by atoms with E-state index in [9.17, 15) is 14.9 Å². The lowest BCUT2D eigenvalue weighted by molar-refractivity contribution is -0.402. The van der Waals surface area contributed by atoms with Crippen molar-refractivity contribution in [1.29, 1.82) is 0 Å². The summed E-state index contributed by atoms with van der Waals surface area (Å²) in [5.41, 5.74) is -0.164. The molecule has 1 aromatic heterocycles. The Morgan fingerprint density at radius 1 is 1.55 bits per heavy atom. The van der Waals surface area contributed by atoms with Gasteiger partial charge in [-0.3, -0.25) is 19.8 Å². The highest BCUT2D eigenvalue weighted by Gasteiger charge is 2.31. The molecule has 0 saturated carbocycles. The van der Waals surface area contributed by atoms with Gasteiger partial charge in [0.25, 0.3) is 5.91 Å². The van der Waals surface area contributed by atoms with Gasteiger partial charge in [0.1, 0.15) is 4.92 Å². The van der Waals surface area contributed by atoms with Crippen LogP contribution in [0.4, 0.5) is 5.88 Å². The quantitative estimate of drug-likeness (QED) is 0.666. The van der Waals surface area contributed by atoms with Gasteiger partial charge in [-0.05, 0) is 45.2 Å². The van der Waals surface area contributed by atoms with E-state index in [1.54, 1.807) is 0 Å². The first-order valence-corrected chi connectivity index (χ1v) is 7.57. The number of piperidine rings is 1. The summed E-state index contributed by atoms with van der Waals surface area (Å²) >= 11 is 0. The molecule has 0 aliphatic carbocycles. The number of hydrogen-bond acceptors (Lipinski definition) is 5. The third-order valence-corrected chi connectivity index (χ3v) is 4.19. The first-order valence-electron chi connectivity index (χ1n) is 7.57. The first-order chi connectivity index (χ1) is 10.3. The van der Waals surface area contributed by atoms with Crippen LogP contribution in [0.25, 0.3) is 0 Å². The van der Waals surface area contributed by atoms with Crippen LogP contribution < -0.4 is 5.32 Å². The van der Waals surface area contributed by atoms with Crippen molar-refractivity contribution in [1.82, 2.24) is 10.2 Å². The predicted molar refractivity (Wildman–Crippen MR) is 81.7 cm³/mol. The van der Waals surface area contributed by atoms with Crippen LogP contribution in [-0.4, -0.2) is 40.9 Å².